The van der Waals surface area contributed by atoms with Gasteiger partial charge in [0.05, 0.1) is 21.5 Å². The van der Waals surface area contributed by atoms with Crippen molar-refractivity contribution in [2.45, 2.75) is 17.1 Å². The topological polar surface area (TPSA) is 86.4 Å². The monoisotopic (exact) mass is 514 g/mol. The van der Waals surface area contributed by atoms with Crippen LogP contribution in [0, 0.1) is 0 Å². The zero-order valence-corrected chi connectivity index (χ0v) is 19.6. The van der Waals surface area contributed by atoms with E-state index in [1.807, 2.05) is 6.07 Å². The quantitative estimate of drug-likeness (QED) is 0.436. The van der Waals surface area contributed by atoms with Crippen LogP contribution in [0.5, 0.6) is 0 Å². The van der Waals surface area contributed by atoms with Gasteiger partial charge in [0.1, 0.15) is 11.9 Å². The molecule has 0 aliphatic carbocycles. The number of sulfonamides is 1. The first-order valence-electron chi connectivity index (χ1n) is 11.1. The van der Waals surface area contributed by atoms with Crippen LogP contribution in [0.25, 0.3) is 11.0 Å². The predicted octanol–water partition coefficient (Wildman–Crippen LogP) is 4.47. The molecule has 1 aromatic heterocycles. The smallest absolute Gasteiger partial charge is 0.340 e. The lowest BCUT2D eigenvalue weighted by Crippen LogP contribution is -2.52. The van der Waals surface area contributed by atoms with Gasteiger partial charge >= 0.3 is 6.18 Å². The maximum atomic E-state index is 13.5. The normalized spacial score (nSPS) is 17.4. The first-order valence-corrected chi connectivity index (χ1v) is 12.6. The number of halogens is 3. The molecule has 1 unspecified atom stereocenters. The van der Waals surface area contributed by atoms with Crippen molar-refractivity contribution in [3.8, 4) is 0 Å². The van der Waals surface area contributed by atoms with Gasteiger partial charge in [0.25, 0.3) is 5.91 Å². The van der Waals surface area contributed by atoms with Gasteiger partial charge in [-0.1, -0.05) is 36.4 Å². The fraction of sp³-hybridized carbons (Fsp3) is 0.200. The first kappa shape index (κ1) is 24.0. The largest absolute Gasteiger partial charge is 0.416 e. The van der Waals surface area contributed by atoms with Crippen molar-refractivity contribution in [2.24, 2.45) is 0 Å². The van der Waals surface area contributed by atoms with E-state index < -0.39 is 33.7 Å². The fourth-order valence-corrected chi connectivity index (χ4v) is 5.78. The van der Waals surface area contributed by atoms with E-state index in [0.717, 1.165) is 12.1 Å². The molecule has 2 heterocycles. The second-order valence-electron chi connectivity index (χ2n) is 8.41. The van der Waals surface area contributed by atoms with Gasteiger partial charge in [-0.3, -0.25) is 4.79 Å². The van der Waals surface area contributed by atoms with Crippen LogP contribution >= 0.6 is 0 Å². The Kier molecular flexibility index (Phi) is 6.05. The number of hydrogen-bond acceptors (Lipinski definition) is 4. The Balaban J connectivity index is 1.53. The third-order valence-corrected chi connectivity index (χ3v) is 8.02. The van der Waals surface area contributed by atoms with E-state index in [9.17, 15) is 26.4 Å². The number of amides is 1. The van der Waals surface area contributed by atoms with Gasteiger partial charge in [0.2, 0.25) is 10.0 Å². The first-order chi connectivity index (χ1) is 17.1. The maximum absolute atomic E-state index is 13.5. The molecule has 4 aromatic rings. The van der Waals surface area contributed by atoms with Crippen LogP contribution in [-0.4, -0.2) is 53.1 Å². The summed E-state index contributed by atoms with van der Waals surface area (Å²) in [5, 5.41) is 0. The molecule has 1 atom stereocenters. The zero-order valence-electron chi connectivity index (χ0n) is 18.8. The molecule has 0 spiro atoms. The van der Waals surface area contributed by atoms with Gasteiger partial charge in [-0.2, -0.15) is 17.5 Å². The summed E-state index contributed by atoms with van der Waals surface area (Å²) in [4.78, 5) is 22.6. The summed E-state index contributed by atoms with van der Waals surface area (Å²) in [5.74, 6) is -0.284. The van der Waals surface area contributed by atoms with Gasteiger partial charge in [-0.25, -0.2) is 13.4 Å². The molecular formula is C25H21F3N4O3S. The Morgan fingerprint density at radius 1 is 0.944 bits per heavy atom. The number of carbonyl (C=O) groups is 1. The van der Waals surface area contributed by atoms with Crippen molar-refractivity contribution < 1.29 is 26.4 Å². The second kappa shape index (κ2) is 9.07. The van der Waals surface area contributed by atoms with Gasteiger partial charge in [0.15, 0.2) is 0 Å². The molecule has 1 fully saturated rings. The molecule has 186 valence electrons. The van der Waals surface area contributed by atoms with Gasteiger partial charge in [-0.05, 0) is 42.5 Å². The number of rotatable bonds is 4. The maximum Gasteiger partial charge on any atom is 0.416 e. The second-order valence-corrected chi connectivity index (χ2v) is 10.3. The molecule has 1 amide bonds. The molecule has 1 N–H and O–H groups in total. The summed E-state index contributed by atoms with van der Waals surface area (Å²) in [6.07, 6.45) is -4.60. The summed E-state index contributed by atoms with van der Waals surface area (Å²) in [6, 6.07) is 18.5. The fourth-order valence-electron chi connectivity index (χ4n) is 4.32. The molecule has 1 aliphatic heterocycles. The Morgan fingerprint density at radius 2 is 1.67 bits per heavy atom. The highest BCUT2D eigenvalue weighted by molar-refractivity contribution is 7.89. The lowest BCUT2D eigenvalue weighted by Gasteiger charge is -2.40. The molecule has 0 saturated carbocycles. The van der Waals surface area contributed by atoms with Crippen LogP contribution in [0.3, 0.4) is 0 Å². The summed E-state index contributed by atoms with van der Waals surface area (Å²) in [6.45, 7) is -0.150. The summed E-state index contributed by atoms with van der Waals surface area (Å²) in [7, 11) is -3.87. The molecule has 7 nitrogen and oxygen atoms in total. The SMILES string of the molecule is O=C(c1cccc(C(F)(F)F)c1)N1CCN(S(=O)(=O)c2ccccc2)CC1c1nc2ccccc2[nH]1. The van der Waals surface area contributed by atoms with Crippen molar-refractivity contribution in [1.82, 2.24) is 19.2 Å². The standard InChI is InChI=1S/C25H21F3N4O3S/c26-25(27,28)18-8-6-7-17(15-18)24(33)32-14-13-31(36(34,35)19-9-2-1-3-10-19)16-22(32)23-29-20-11-4-5-12-21(20)30-23/h1-12,15,22H,13-14,16H2,(H,29,30). The number of para-hydroxylation sites is 2. The van der Waals surface area contributed by atoms with E-state index >= 15 is 0 Å². The highest BCUT2D eigenvalue weighted by Gasteiger charge is 2.39. The van der Waals surface area contributed by atoms with E-state index in [0.29, 0.717) is 16.9 Å². The van der Waals surface area contributed by atoms with Gasteiger partial charge < -0.3 is 9.88 Å². The number of H-pyrrole nitrogens is 1. The van der Waals surface area contributed by atoms with Crippen molar-refractivity contribution in [2.75, 3.05) is 19.6 Å². The molecule has 5 rings (SSSR count). The predicted molar refractivity (Wildman–Crippen MR) is 127 cm³/mol. The molecule has 3 aromatic carbocycles. The van der Waals surface area contributed by atoms with Crippen LogP contribution in [-0.2, 0) is 16.2 Å². The van der Waals surface area contributed by atoms with Crippen LogP contribution in [0.4, 0.5) is 13.2 Å². The summed E-state index contributed by atoms with van der Waals surface area (Å²) >= 11 is 0. The number of aromatic amines is 1. The number of imidazole rings is 1. The molecule has 1 aliphatic rings. The average Bonchev–Trinajstić information content (AvgIpc) is 3.32. The van der Waals surface area contributed by atoms with E-state index in [1.165, 1.54) is 33.5 Å². The minimum absolute atomic E-state index is 0.0152. The third kappa shape index (κ3) is 4.47. The zero-order chi connectivity index (χ0) is 25.5. The lowest BCUT2D eigenvalue weighted by atomic mass is 10.1. The van der Waals surface area contributed by atoms with E-state index in [-0.39, 0.29) is 30.1 Å². The number of aromatic nitrogens is 2. The van der Waals surface area contributed by atoms with Crippen molar-refractivity contribution in [1.29, 1.82) is 0 Å². The summed E-state index contributed by atoms with van der Waals surface area (Å²) in [5.41, 5.74) is 0.258. The molecule has 0 bridgehead atoms. The number of fused-ring (bicyclic) bond motifs is 1. The van der Waals surface area contributed by atoms with Crippen LogP contribution < -0.4 is 0 Å². The Hall–Kier alpha value is -3.70. The molecule has 1 saturated heterocycles. The van der Waals surface area contributed by atoms with Crippen LogP contribution in [0.15, 0.2) is 83.8 Å². The number of alkyl halides is 3. The number of piperazine rings is 1. The number of nitrogens with zero attached hydrogens (tertiary/aromatic N) is 3. The molecule has 0 radical (unpaired) electrons. The molecule has 36 heavy (non-hydrogen) atoms. The van der Waals surface area contributed by atoms with Gasteiger partial charge in [-0.15, -0.1) is 0 Å². The number of hydrogen-bond donors (Lipinski definition) is 1. The third-order valence-electron chi connectivity index (χ3n) is 6.15. The highest BCUT2D eigenvalue weighted by Crippen LogP contribution is 2.33. The Bertz CT molecular complexity index is 1490. The van der Waals surface area contributed by atoms with Crippen LogP contribution in [0.2, 0.25) is 0 Å². The van der Waals surface area contributed by atoms with E-state index in [1.54, 1.807) is 36.4 Å². The molecule has 11 heteroatoms. The number of nitrogens with one attached hydrogen (secondary N) is 1. The van der Waals surface area contributed by atoms with E-state index in [2.05, 4.69) is 9.97 Å². The van der Waals surface area contributed by atoms with E-state index in [4.69, 9.17) is 0 Å². The number of carbonyl (C=O) groups excluding carboxylic acids is 1. The summed E-state index contributed by atoms with van der Waals surface area (Å²) < 4.78 is 67.7. The van der Waals surface area contributed by atoms with Crippen molar-refractivity contribution in [3.63, 3.8) is 0 Å². The highest BCUT2D eigenvalue weighted by atomic mass is 32.2. The van der Waals surface area contributed by atoms with Gasteiger partial charge in [0, 0.05) is 25.2 Å². The minimum atomic E-state index is -4.60. The van der Waals surface area contributed by atoms with Crippen molar-refractivity contribution >= 4 is 27.0 Å². The Morgan fingerprint density at radius 3 is 2.39 bits per heavy atom. The van der Waals surface area contributed by atoms with Crippen molar-refractivity contribution in [3.05, 3.63) is 95.8 Å². The lowest BCUT2D eigenvalue weighted by molar-refractivity contribution is -0.137. The average molecular weight is 515 g/mol. The minimum Gasteiger partial charge on any atom is -0.340 e. The molecular weight excluding hydrogens is 493 g/mol. The Labute approximate surface area is 205 Å². The number of benzene rings is 3. The van der Waals surface area contributed by atoms with Crippen LogP contribution in [0.1, 0.15) is 27.8 Å².